The third kappa shape index (κ3) is 3.02. The molecule has 1 atom stereocenters. The molecule has 0 unspecified atom stereocenters. The minimum absolute atomic E-state index is 0.0504. The predicted molar refractivity (Wildman–Crippen MR) is 85.3 cm³/mol. The van der Waals surface area contributed by atoms with Crippen molar-refractivity contribution in [3.05, 3.63) is 33.3 Å². The summed E-state index contributed by atoms with van der Waals surface area (Å²) in [6, 6.07) is 3.57. The van der Waals surface area contributed by atoms with Crippen molar-refractivity contribution in [2.24, 2.45) is 5.10 Å². The molecule has 1 aromatic carbocycles. The summed E-state index contributed by atoms with van der Waals surface area (Å²) >= 11 is 6.05. The van der Waals surface area contributed by atoms with E-state index in [4.69, 9.17) is 16.3 Å². The molecule has 0 fully saturated rings. The largest absolute Gasteiger partial charge is 0.479 e. The zero-order chi connectivity index (χ0) is 18.1. The van der Waals surface area contributed by atoms with Crippen LogP contribution in [0.25, 0.3) is 0 Å². The number of benzene rings is 1. The summed E-state index contributed by atoms with van der Waals surface area (Å²) in [4.78, 5) is 33.7. The van der Waals surface area contributed by atoms with Crippen LogP contribution in [-0.4, -0.2) is 39.8 Å². The minimum Gasteiger partial charge on any atom is -0.479 e. The van der Waals surface area contributed by atoms with Gasteiger partial charge in [0.2, 0.25) is 0 Å². The molecule has 1 N–H and O–H groups in total. The van der Waals surface area contributed by atoms with Gasteiger partial charge in [-0.05, 0) is 19.9 Å². The number of halogens is 1. The number of hydrazone groups is 1. The second-order valence-corrected chi connectivity index (χ2v) is 5.63. The standard InChI is InChI=1S/C14H14ClN3O6/c1-3-24-12(19)10-7-14(2,13(20)21)17(16-10)11-5-4-8(18(22)23)6-9(11)15/h4-6H,3,7H2,1-2H3,(H,20,21)/t14-/m1/s1. The molecule has 128 valence electrons. The van der Waals surface area contributed by atoms with Gasteiger partial charge in [-0.2, -0.15) is 5.10 Å². The maximum atomic E-state index is 11.9. The van der Waals surface area contributed by atoms with Crippen LogP contribution in [0.5, 0.6) is 0 Å². The molecule has 0 radical (unpaired) electrons. The maximum Gasteiger partial charge on any atom is 0.354 e. The summed E-state index contributed by atoms with van der Waals surface area (Å²) in [5.41, 5.74) is -1.72. The van der Waals surface area contributed by atoms with E-state index in [0.29, 0.717) is 0 Å². The fourth-order valence-electron chi connectivity index (χ4n) is 2.26. The van der Waals surface area contributed by atoms with Crippen LogP contribution >= 0.6 is 11.6 Å². The number of nitrogens with zero attached hydrogens (tertiary/aromatic N) is 3. The van der Waals surface area contributed by atoms with Gasteiger partial charge in [0.15, 0.2) is 5.54 Å². The number of hydrogen-bond donors (Lipinski definition) is 1. The van der Waals surface area contributed by atoms with E-state index in [2.05, 4.69) is 5.10 Å². The monoisotopic (exact) mass is 355 g/mol. The molecule has 1 aromatic rings. The van der Waals surface area contributed by atoms with E-state index in [1.165, 1.54) is 19.1 Å². The van der Waals surface area contributed by atoms with Gasteiger partial charge in [-0.3, -0.25) is 10.1 Å². The van der Waals surface area contributed by atoms with Crippen molar-refractivity contribution in [3.63, 3.8) is 0 Å². The molecule has 10 heteroatoms. The molecule has 0 bridgehead atoms. The lowest BCUT2D eigenvalue weighted by molar-refractivity contribution is -0.384. The second kappa shape index (κ2) is 6.44. The van der Waals surface area contributed by atoms with E-state index >= 15 is 0 Å². The first-order chi connectivity index (χ1) is 11.2. The molecule has 1 heterocycles. The highest BCUT2D eigenvalue weighted by atomic mass is 35.5. The van der Waals surface area contributed by atoms with Crippen molar-refractivity contribution in [1.29, 1.82) is 0 Å². The Hall–Kier alpha value is -2.68. The highest BCUT2D eigenvalue weighted by Gasteiger charge is 2.48. The lowest BCUT2D eigenvalue weighted by atomic mass is 9.95. The smallest absolute Gasteiger partial charge is 0.354 e. The zero-order valence-electron chi connectivity index (χ0n) is 12.9. The lowest BCUT2D eigenvalue weighted by Gasteiger charge is -2.30. The number of carbonyl (C=O) groups excluding carboxylic acids is 1. The molecule has 24 heavy (non-hydrogen) atoms. The van der Waals surface area contributed by atoms with Gasteiger partial charge in [-0.1, -0.05) is 11.6 Å². The van der Waals surface area contributed by atoms with Crippen LogP contribution in [0, 0.1) is 10.1 Å². The van der Waals surface area contributed by atoms with Crippen molar-refractivity contribution < 1.29 is 24.4 Å². The van der Waals surface area contributed by atoms with Crippen LogP contribution in [-0.2, 0) is 14.3 Å². The molecule has 2 rings (SSSR count). The number of carboxylic acid groups (broad SMARTS) is 1. The molecular formula is C14H14ClN3O6. The number of carbonyl (C=O) groups is 2. The summed E-state index contributed by atoms with van der Waals surface area (Å²) in [7, 11) is 0. The molecule has 0 saturated heterocycles. The fraction of sp³-hybridized carbons (Fsp3) is 0.357. The topological polar surface area (TPSA) is 122 Å². The SMILES string of the molecule is CCOC(=O)C1=NN(c2ccc([N+](=O)[O-])cc2Cl)[C@@](C)(C(=O)O)C1. The number of rotatable bonds is 5. The summed E-state index contributed by atoms with van der Waals surface area (Å²) in [6.45, 7) is 3.12. The van der Waals surface area contributed by atoms with Gasteiger partial charge < -0.3 is 9.84 Å². The molecule has 0 spiro atoms. The number of esters is 1. The Bertz CT molecular complexity index is 750. The number of carboxylic acids is 1. The number of non-ortho nitro benzene ring substituents is 1. The molecule has 1 aliphatic heterocycles. The van der Waals surface area contributed by atoms with Crippen LogP contribution in [0.2, 0.25) is 5.02 Å². The Kier molecular flexibility index (Phi) is 4.74. The normalized spacial score (nSPS) is 19.8. The highest BCUT2D eigenvalue weighted by Crippen LogP contribution is 2.39. The van der Waals surface area contributed by atoms with Crippen LogP contribution in [0.3, 0.4) is 0 Å². The minimum atomic E-state index is -1.57. The molecule has 9 nitrogen and oxygen atoms in total. The number of anilines is 1. The van der Waals surface area contributed by atoms with Crippen molar-refractivity contribution in [1.82, 2.24) is 0 Å². The van der Waals surface area contributed by atoms with Crippen LogP contribution < -0.4 is 5.01 Å². The Labute approximate surface area is 141 Å². The molecule has 1 aliphatic rings. The van der Waals surface area contributed by atoms with Gasteiger partial charge in [0.1, 0.15) is 5.71 Å². The summed E-state index contributed by atoms with van der Waals surface area (Å²) in [6.07, 6.45) is -0.186. The van der Waals surface area contributed by atoms with E-state index in [9.17, 15) is 24.8 Å². The Morgan fingerprint density at radius 3 is 2.71 bits per heavy atom. The Morgan fingerprint density at radius 1 is 1.54 bits per heavy atom. The Morgan fingerprint density at radius 2 is 2.21 bits per heavy atom. The molecule has 0 amide bonds. The molecule has 0 aromatic heterocycles. The van der Waals surface area contributed by atoms with Crippen molar-refractivity contribution in [2.75, 3.05) is 11.6 Å². The number of aliphatic carboxylic acids is 1. The first kappa shape index (κ1) is 17.7. The average molecular weight is 356 g/mol. The van der Waals surface area contributed by atoms with Gasteiger partial charge in [-0.15, -0.1) is 0 Å². The van der Waals surface area contributed by atoms with Gasteiger partial charge in [0.05, 0.1) is 22.2 Å². The number of nitro benzene ring substituents is 1. The molecule has 0 aliphatic carbocycles. The highest BCUT2D eigenvalue weighted by molar-refractivity contribution is 6.39. The van der Waals surface area contributed by atoms with E-state index in [1.54, 1.807) is 6.92 Å². The number of ether oxygens (including phenoxy) is 1. The second-order valence-electron chi connectivity index (χ2n) is 5.23. The lowest BCUT2D eigenvalue weighted by Crippen LogP contribution is -2.47. The summed E-state index contributed by atoms with van der Waals surface area (Å²) in [5, 5.41) is 25.4. The van der Waals surface area contributed by atoms with Gasteiger partial charge >= 0.3 is 11.9 Å². The average Bonchev–Trinajstić information content (AvgIpc) is 2.86. The van der Waals surface area contributed by atoms with Gasteiger partial charge in [-0.25, -0.2) is 14.6 Å². The maximum absolute atomic E-state index is 11.9. The van der Waals surface area contributed by atoms with Gasteiger partial charge in [0.25, 0.3) is 5.69 Å². The first-order valence-electron chi connectivity index (χ1n) is 6.93. The molecular weight excluding hydrogens is 342 g/mol. The van der Waals surface area contributed by atoms with E-state index < -0.39 is 22.4 Å². The predicted octanol–water partition coefficient (Wildman–Crippen LogP) is 2.22. The summed E-state index contributed by atoms with van der Waals surface area (Å²) in [5.74, 6) is -1.94. The quantitative estimate of drug-likeness (QED) is 0.488. The Balaban J connectivity index is 2.49. The first-order valence-corrected chi connectivity index (χ1v) is 7.30. The van der Waals surface area contributed by atoms with Crippen molar-refractivity contribution in [2.45, 2.75) is 25.8 Å². The van der Waals surface area contributed by atoms with E-state index in [1.807, 2.05) is 0 Å². The third-order valence-electron chi connectivity index (χ3n) is 3.54. The van der Waals surface area contributed by atoms with Crippen LogP contribution in [0.15, 0.2) is 23.3 Å². The van der Waals surface area contributed by atoms with Crippen LogP contribution in [0.1, 0.15) is 20.3 Å². The summed E-state index contributed by atoms with van der Waals surface area (Å²) < 4.78 is 4.85. The van der Waals surface area contributed by atoms with E-state index in [-0.39, 0.29) is 35.1 Å². The van der Waals surface area contributed by atoms with Crippen LogP contribution in [0.4, 0.5) is 11.4 Å². The third-order valence-corrected chi connectivity index (χ3v) is 3.84. The van der Waals surface area contributed by atoms with Crippen molar-refractivity contribution in [3.8, 4) is 0 Å². The zero-order valence-corrected chi connectivity index (χ0v) is 13.6. The van der Waals surface area contributed by atoms with Gasteiger partial charge in [0, 0.05) is 18.6 Å². The molecule has 0 saturated carbocycles. The van der Waals surface area contributed by atoms with Crippen molar-refractivity contribution >= 4 is 40.6 Å². The van der Waals surface area contributed by atoms with E-state index in [0.717, 1.165) is 11.1 Å². The number of nitro groups is 1. The number of hydrogen-bond acceptors (Lipinski definition) is 7. The fourth-order valence-corrected chi connectivity index (χ4v) is 2.52.